The van der Waals surface area contributed by atoms with Gasteiger partial charge in [0.25, 0.3) is 0 Å². The summed E-state index contributed by atoms with van der Waals surface area (Å²) in [6.45, 7) is 7.82. The molecule has 324 valence electrons. The third-order valence-electron chi connectivity index (χ3n) is 10.7. The molecule has 2 aliphatic heterocycles. The van der Waals surface area contributed by atoms with E-state index < -0.39 is 11.6 Å². The zero-order chi connectivity index (χ0) is 42.9. The van der Waals surface area contributed by atoms with E-state index in [2.05, 4.69) is 63.1 Å². The average molecular weight is 1020 g/mol. The van der Waals surface area contributed by atoms with E-state index in [-0.39, 0.29) is 61.5 Å². The van der Waals surface area contributed by atoms with Gasteiger partial charge in [-0.2, -0.15) is 0 Å². The van der Waals surface area contributed by atoms with Gasteiger partial charge >= 0.3 is 0 Å². The fourth-order valence-corrected chi connectivity index (χ4v) is 10.7. The fourth-order valence-electron chi connectivity index (χ4n) is 8.05. The van der Waals surface area contributed by atoms with Crippen LogP contribution < -0.4 is 10.6 Å². The van der Waals surface area contributed by atoms with Crippen LogP contribution in [0.4, 0.5) is 11.6 Å². The average Bonchev–Trinajstić information content (AvgIpc) is 4.11. The van der Waals surface area contributed by atoms with Crippen molar-refractivity contribution in [1.29, 1.82) is 0 Å². The zero-order valence-electron chi connectivity index (χ0n) is 34.3. The fraction of sp³-hybridized carbons (Fsp3) is 0.500. The summed E-state index contributed by atoms with van der Waals surface area (Å²) in [5, 5.41) is 28.8. The maximum Gasteiger partial charge on any atom is 0.189 e. The Morgan fingerprint density at radius 3 is 1.82 bits per heavy atom. The van der Waals surface area contributed by atoms with Gasteiger partial charge in [-0.15, -0.1) is 22.7 Å². The molecule has 16 nitrogen and oxygen atoms in total. The first-order valence-electron chi connectivity index (χ1n) is 19.6. The third-order valence-corrected chi connectivity index (χ3v) is 14.5. The molecule has 8 heterocycles. The minimum Gasteiger partial charge on any atom is -0.396 e. The molecular weight excluding hydrogens is 972 g/mol. The minimum absolute atomic E-state index is 0.0214. The number of nitrogens with one attached hydrogen (secondary N) is 2. The Morgan fingerprint density at radius 1 is 0.705 bits per heavy atom. The molecule has 0 bridgehead atoms. The summed E-state index contributed by atoms with van der Waals surface area (Å²) in [6, 6.07) is 3.96. The van der Waals surface area contributed by atoms with E-state index in [1.165, 1.54) is 28.2 Å². The first-order valence-corrected chi connectivity index (χ1v) is 24.9. The van der Waals surface area contributed by atoms with E-state index in [1.807, 2.05) is 70.2 Å². The molecule has 21 heteroatoms. The summed E-state index contributed by atoms with van der Waals surface area (Å²) in [6.07, 6.45) is 15.7. The predicted octanol–water partition coefficient (Wildman–Crippen LogP) is 6.99. The van der Waals surface area contributed by atoms with Gasteiger partial charge in [-0.1, -0.05) is 23.5 Å². The first kappa shape index (κ1) is 44.6. The maximum atomic E-state index is 9.86. The summed E-state index contributed by atoms with van der Waals surface area (Å²) in [7, 11) is 0. The summed E-state index contributed by atoms with van der Waals surface area (Å²) in [5.41, 5.74) is 4.51. The number of anilines is 2. The highest BCUT2D eigenvalue weighted by Gasteiger charge is 2.55. The molecule has 0 unspecified atom stereocenters. The van der Waals surface area contributed by atoms with Crippen molar-refractivity contribution in [2.45, 2.75) is 98.9 Å². The highest BCUT2D eigenvalue weighted by molar-refractivity contribution is 14.1. The largest absolute Gasteiger partial charge is 0.396 e. The van der Waals surface area contributed by atoms with Crippen LogP contribution >= 0.6 is 68.8 Å². The van der Waals surface area contributed by atoms with Gasteiger partial charge in [-0.3, -0.25) is 9.97 Å². The van der Waals surface area contributed by atoms with Crippen LogP contribution in [-0.4, -0.2) is 124 Å². The number of thioether (sulfide) groups is 2. The predicted molar refractivity (Wildman–Crippen MR) is 247 cm³/mol. The molecular formula is C40H47IN10O6S4. The molecule has 61 heavy (non-hydrogen) atoms. The standard InChI is InChI=1S/C20H23N5O3S2.C14H20IN3O3S.C6H4N2S/c1-20(2)27-15-10(9-26)6-12(16(15)28-20)23-17-11(7-22-19(25-17)29-3)18-24-13-8-21-5-4-14(13)30-18;1-14(2)20-10-7(6-19)4-9(11(10)21-14)17-12-8(15)5-16-13(18-12)22-3;1-2-7-3-5-6(1)9-4-8-5/h4-5,7-8,10,12,15-16,26H,6,9H2,1-3H3,(H,22,23,25);5,7,9-11,19H,4,6H2,1-3H3,(H,16,17,18);1-4H/t10-,12-,15-,16+;7-,9-,10-,11+;/m11./s1. The first-order chi connectivity index (χ1) is 29.4. The van der Waals surface area contributed by atoms with Crippen LogP contribution in [0.3, 0.4) is 0 Å². The molecule has 2 aliphatic carbocycles. The van der Waals surface area contributed by atoms with E-state index in [1.54, 1.807) is 47.5 Å². The highest BCUT2D eigenvalue weighted by Crippen LogP contribution is 2.45. The number of aromatic nitrogens is 8. The van der Waals surface area contributed by atoms with E-state index in [4.69, 9.17) is 28.9 Å². The van der Waals surface area contributed by atoms with Crippen molar-refractivity contribution in [2.75, 3.05) is 36.4 Å². The third kappa shape index (κ3) is 10.1. The molecule has 8 atom stereocenters. The van der Waals surface area contributed by atoms with Crippen molar-refractivity contribution in [3.63, 3.8) is 0 Å². The van der Waals surface area contributed by atoms with Crippen molar-refractivity contribution in [3.05, 3.63) is 58.4 Å². The summed E-state index contributed by atoms with van der Waals surface area (Å²) in [5.74, 6) is 0.374. The topological polar surface area (TPSA) is 205 Å². The van der Waals surface area contributed by atoms with Gasteiger partial charge in [-0.25, -0.2) is 29.9 Å². The van der Waals surface area contributed by atoms with E-state index in [0.29, 0.717) is 5.16 Å². The second-order valence-electron chi connectivity index (χ2n) is 15.7. The number of halogens is 1. The van der Waals surface area contributed by atoms with Gasteiger partial charge in [0.1, 0.15) is 34.4 Å². The van der Waals surface area contributed by atoms with Crippen molar-refractivity contribution in [2.24, 2.45) is 11.8 Å². The zero-order valence-corrected chi connectivity index (χ0v) is 39.7. The molecule has 0 aromatic carbocycles. The lowest BCUT2D eigenvalue weighted by Gasteiger charge is -2.24. The van der Waals surface area contributed by atoms with Crippen molar-refractivity contribution in [3.8, 4) is 10.6 Å². The Balaban J connectivity index is 0.000000144. The minimum atomic E-state index is -0.665. The second-order valence-corrected chi connectivity index (χ2v) is 20.3. The van der Waals surface area contributed by atoms with E-state index in [0.717, 1.165) is 59.5 Å². The summed E-state index contributed by atoms with van der Waals surface area (Å²) < 4.78 is 27.5. The van der Waals surface area contributed by atoms with Gasteiger partial charge in [0.05, 0.1) is 66.2 Å². The number of pyridine rings is 2. The number of fused-ring (bicyclic) bond motifs is 4. The summed E-state index contributed by atoms with van der Waals surface area (Å²) in [4.78, 5) is 34.9. The van der Waals surface area contributed by atoms with Crippen LogP contribution in [0.25, 0.3) is 31.0 Å². The lowest BCUT2D eigenvalue weighted by molar-refractivity contribution is -0.159. The van der Waals surface area contributed by atoms with Crippen molar-refractivity contribution in [1.82, 2.24) is 39.9 Å². The van der Waals surface area contributed by atoms with Gasteiger partial charge in [0.15, 0.2) is 21.9 Å². The quantitative estimate of drug-likeness (QED) is 0.0655. The SMILES string of the molecule is CSc1ncc(-c2nc3cnccc3s2)c(N[C@@H]2C[C@H](CO)[C@H]3OC(C)(C)O[C@H]32)n1.CSc1ncc(I)c(N[C@@H]2C[C@H](CO)[C@H]3OC(C)(C)O[C@H]32)n1.c1cc2scnc2cn1. The van der Waals surface area contributed by atoms with E-state index in [9.17, 15) is 10.2 Å². The van der Waals surface area contributed by atoms with Crippen LogP contribution in [0.15, 0.2) is 65.1 Å². The van der Waals surface area contributed by atoms with Gasteiger partial charge in [0, 0.05) is 49.8 Å². The van der Waals surface area contributed by atoms with Crippen molar-refractivity contribution < 1.29 is 29.2 Å². The number of aliphatic hydroxyl groups excluding tert-OH is 2. The molecule has 4 N–H and O–H groups in total. The number of hydrogen-bond acceptors (Lipinski definition) is 20. The maximum absolute atomic E-state index is 9.86. The van der Waals surface area contributed by atoms with E-state index >= 15 is 0 Å². The number of rotatable bonds is 9. The number of nitrogens with zero attached hydrogens (tertiary/aromatic N) is 8. The lowest BCUT2D eigenvalue weighted by atomic mass is 10.1. The van der Waals surface area contributed by atoms with Gasteiger partial charge in [0.2, 0.25) is 0 Å². The molecule has 2 saturated heterocycles. The monoisotopic (exact) mass is 1020 g/mol. The second kappa shape index (κ2) is 19.0. The van der Waals surface area contributed by atoms with Crippen LogP contribution in [0.5, 0.6) is 0 Å². The smallest absolute Gasteiger partial charge is 0.189 e. The lowest BCUT2D eigenvalue weighted by Crippen LogP contribution is -2.35. The Hall–Kier alpha value is -2.97. The number of aliphatic hydroxyl groups is 2. The van der Waals surface area contributed by atoms with Crippen LogP contribution in [0.1, 0.15) is 40.5 Å². The number of ether oxygens (including phenoxy) is 4. The summed E-state index contributed by atoms with van der Waals surface area (Å²) >= 11 is 8.45. The Kier molecular flexibility index (Phi) is 13.9. The Morgan fingerprint density at radius 2 is 1.25 bits per heavy atom. The van der Waals surface area contributed by atoms with Gasteiger partial charge in [-0.05, 0) is 87.8 Å². The molecule has 4 fully saturated rings. The van der Waals surface area contributed by atoms with Crippen LogP contribution in [-0.2, 0) is 18.9 Å². The highest BCUT2D eigenvalue weighted by atomic mass is 127. The van der Waals surface area contributed by atoms with Crippen LogP contribution in [0.2, 0.25) is 0 Å². The normalized spacial score (nSPS) is 26.9. The molecule has 0 radical (unpaired) electrons. The Bertz CT molecular complexity index is 2380. The molecule has 0 spiro atoms. The molecule has 2 saturated carbocycles. The molecule has 6 aromatic heterocycles. The van der Waals surface area contributed by atoms with Gasteiger partial charge < -0.3 is 39.8 Å². The van der Waals surface area contributed by atoms with Crippen LogP contribution in [0, 0.1) is 15.4 Å². The molecule has 4 aliphatic rings. The molecule has 10 rings (SSSR count). The number of thiazole rings is 2. The Labute approximate surface area is 383 Å². The van der Waals surface area contributed by atoms with Crippen molar-refractivity contribution >= 4 is 101 Å². The molecule has 0 amide bonds. The number of hydrogen-bond donors (Lipinski definition) is 4. The molecule has 6 aromatic rings.